The molecule has 3 rings (SSSR count). The number of hydrogen-bond donors (Lipinski definition) is 2. The zero-order chi connectivity index (χ0) is 14.1. The lowest BCUT2D eigenvalue weighted by Gasteiger charge is -2.21. The molecule has 3 atom stereocenters. The summed E-state index contributed by atoms with van der Waals surface area (Å²) in [4.78, 5) is 0. The number of fused-ring (bicyclic) bond motifs is 1. The van der Waals surface area contributed by atoms with Crippen LogP contribution in [-0.2, 0) is 0 Å². The molecule has 2 aromatic rings. The van der Waals surface area contributed by atoms with Crippen molar-refractivity contribution < 1.29 is 0 Å². The van der Waals surface area contributed by atoms with Crippen molar-refractivity contribution in [2.75, 3.05) is 0 Å². The Hall–Kier alpha value is -1.16. The molecular formula is C17H19BrN2. The van der Waals surface area contributed by atoms with Gasteiger partial charge in [-0.05, 0) is 42.2 Å². The van der Waals surface area contributed by atoms with Crippen LogP contribution in [0.15, 0.2) is 53.0 Å². The first-order valence-corrected chi connectivity index (χ1v) is 7.80. The minimum absolute atomic E-state index is 0.151. The molecule has 0 heterocycles. The van der Waals surface area contributed by atoms with Crippen LogP contribution < -0.4 is 11.1 Å². The molecule has 3 heteroatoms. The average Bonchev–Trinajstić information content (AvgIpc) is 2.76. The SMILES string of the molecule is CC(NC1CC(N)c2ccccc21)c1cccc(Br)c1. The third-order valence-corrected chi connectivity index (χ3v) is 4.55. The molecule has 3 N–H and O–H groups in total. The number of halogens is 1. The maximum Gasteiger partial charge on any atom is 0.0347 e. The molecule has 0 aromatic heterocycles. The van der Waals surface area contributed by atoms with Gasteiger partial charge in [0.2, 0.25) is 0 Å². The standard InChI is InChI=1S/C17H19BrN2/c1-11(12-5-4-6-13(18)9-12)20-17-10-16(19)14-7-2-3-8-15(14)17/h2-9,11,16-17,20H,10,19H2,1H3. The Balaban J connectivity index is 1.79. The van der Waals surface area contributed by atoms with Crippen molar-refractivity contribution in [2.24, 2.45) is 5.73 Å². The van der Waals surface area contributed by atoms with Gasteiger partial charge in [0, 0.05) is 22.6 Å². The summed E-state index contributed by atoms with van der Waals surface area (Å²) in [5.41, 5.74) is 10.1. The summed E-state index contributed by atoms with van der Waals surface area (Å²) in [7, 11) is 0. The van der Waals surface area contributed by atoms with E-state index in [1.807, 2.05) is 0 Å². The van der Waals surface area contributed by atoms with Crippen molar-refractivity contribution >= 4 is 15.9 Å². The molecule has 0 amide bonds. The van der Waals surface area contributed by atoms with E-state index in [1.54, 1.807) is 0 Å². The number of nitrogens with two attached hydrogens (primary N) is 1. The monoisotopic (exact) mass is 330 g/mol. The van der Waals surface area contributed by atoms with Crippen LogP contribution in [0.3, 0.4) is 0 Å². The highest BCUT2D eigenvalue weighted by Crippen LogP contribution is 2.38. The minimum atomic E-state index is 0.151. The van der Waals surface area contributed by atoms with Gasteiger partial charge in [-0.25, -0.2) is 0 Å². The topological polar surface area (TPSA) is 38.0 Å². The van der Waals surface area contributed by atoms with E-state index in [-0.39, 0.29) is 6.04 Å². The van der Waals surface area contributed by atoms with E-state index in [0.717, 1.165) is 10.9 Å². The fourth-order valence-corrected chi connectivity index (χ4v) is 3.42. The number of nitrogens with one attached hydrogen (secondary N) is 1. The highest BCUT2D eigenvalue weighted by Gasteiger charge is 2.28. The van der Waals surface area contributed by atoms with Crippen molar-refractivity contribution in [1.29, 1.82) is 0 Å². The van der Waals surface area contributed by atoms with Crippen LogP contribution in [0.4, 0.5) is 0 Å². The zero-order valence-corrected chi connectivity index (χ0v) is 13.1. The van der Waals surface area contributed by atoms with Crippen LogP contribution in [0.1, 0.15) is 48.2 Å². The number of hydrogen-bond acceptors (Lipinski definition) is 2. The van der Waals surface area contributed by atoms with E-state index in [4.69, 9.17) is 5.73 Å². The third-order valence-electron chi connectivity index (χ3n) is 4.06. The molecule has 20 heavy (non-hydrogen) atoms. The Morgan fingerprint density at radius 2 is 1.90 bits per heavy atom. The quantitative estimate of drug-likeness (QED) is 0.883. The molecule has 0 bridgehead atoms. The molecule has 3 unspecified atom stereocenters. The maximum atomic E-state index is 6.23. The smallest absolute Gasteiger partial charge is 0.0347 e. The molecule has 0 aliphatic heterocycles. The Labute approximate surface area is 128 Å². The van der Waals surface area contributed by atoms with Crippen molar-refractivity contribution in [3.05, 3.63) is 69.7 Å². The van der Waals surface area contributed by atoms with Gasteiger partial charge in [-0.15, -0.1) is 0 Å². The lowest BCUT2D eigenvalue weighted by atomic mass is 10.0. The van der Waals surface area contributed by atoms with Gasteiger partial charge in [0.05, 0.1) is 0 Å². The minimum Gasteiger partial charge on any atom is -0.324 e. The van der Waals surface area contributed by atoms with Gasteiger partial charge in [0.25, 0.3) is 0 Å². The summed E-state index contributed by atoms with van der Waals surface area (Å²) < 4.78 is 1.12. The van der Waals surface area contributed by atoms with Crippen molar-refractivity contribution in [3.63, 3.8) is 0 Å². The van der Waals surface area contributed by atoms with E-state index in [1.165, 1.54) is 16.7 Å². The Morgan fingerprint density at radius 3 is 2.65 bits per heavy atom. The van der Waals surface area contributed by atoms with E-state index >= 15 is 0 Å². The van der Waals surface area contributed by atoms with Crippen LogP contribution in [0.2, 0.25) is 0 Å². The van der Waals surface area contributed by atoms with E-state index < -0.39 is 0 Å². The van der Waals surface area contributed by atoms with Gasteiger partial charge in [0.1, 0.15) is 0 Å². The molecule has 2 aromatic carbocycles. The molecule has 0 fully saturated rings. The van der Waals surface area contributed by atoms with Crippen molar-refractivity contribution in [3.8, 4) is 0 Å². The second kappa shape index (κ2) is 5.68. The highest BCUT2D eigenvalue weighted by atomic mass is 79.9. The summed E-state index contributed by atoms with van der Waals surface area (Å²) >= 11 is 3.53. The number of benzene rings is 2. The lowest BCUT2D eigenvalue weighted by Crippen LogP contribution is -2.23. The Bertz CT molecular complexity index is 611. The van der Waals surface area contributed by atoms with E-state index in [2.05, 4.69) is 76.7 Å². The first-order valence-electron chi connectivity index (χ1n) is 7.01. The highest BCUT2D eigenvalue weighted by molar-refractivity contribution is 9.10. The van der Waals surface area contributed by atoms with Gasteiger partial charge in [-0.2, -0.15) is 0 Å². The largest absolute Gasteiger partial charge is 0.324 e. The molecule has 0 spiro atoms. The van der Waals surface area contributed by atoms with Crippen LogP contribution in [0, 0.1) is 0 Å². The second-order valence-electron chi connectivity index (χ2n) is 5.47. The summed E-state index contributed by atoms with van der Waals surface area (Å²) in [6, 6.07) is 17.7. The fourth-order valence-electron chi connectivity index (χ4n) is 3.01. The van der Waals surface area contributed by atoms with Crippen LogP contribution in [-0.4, -0.2) is 0 Å². The van der Waals surface area contributed by atoms with Crippen LogP contribution in [0.25, 0.3) is 0 Å². The molecule has 1 aliphatic carbocycles. The van der Waals surface area contributed by atoms with Gasteiger partial charge in [0.15, 0.2) is 0 Å². The van der Waals surface area contributed by atoms with E-state index in [9.17, 15) is 0 Å². The van der Waals surface area contributed by atoms with Gasteiger partial charge >= 0.3 is 0 Å². The third kappa shape index (κ3) is 2.66. The molecule has 1 aliphatic rings. The molecule has 2 nitrogen and oxygen atoms in total. The average molecular weight is 331 g/mol. The van der Waals surface area contributed by atoms with Gasteiger partial charge < -0.3 is 11.1 Å². The van der Waals surface area contributed by atoms with Crippen LogP contribution in [0.5, 0.6) is 0 Å². The first kappa shape index (κ1) is 13.8. The van der Waals surface area contributed by atoms with E-state index in [0.29, 0.717) is 12.1 Å². The Morgan fingerprint density at radius 1 is 1.15 bits per heavy atom. The summed E-state index contributed by atoms with van der Waals surface area (Å²) in [5, 5.41) is 3.71. The molecular weight excluding hydrogens is 312 g/mol. The maximum absolute atomic E-state index is 6.23. The lowest BCUT2D eigenvalue weighted by molar-refractivity contribution is 0.445. The molecule has 0 saturated heterocycles. The summed E-state index contributed by atoms with van der Waals surface area (Å²) in [6.45, 7) is 2.20. The predicted octanol–water partition coefficient (Wildman–Crippen LogP) is 4.24. The summed E-state index contributed by atoms with van der Waals surface area (Å²) in [5.74, 6) is 0. The van der Waals surface area contributed by atoms with Crippen molar-refractivity contribution in [2.45, 2.75) is 31.5 Å². The normalized spacial score (nSPS) is 22.6. The summed E-state index contributed by atoms with van der Waals surface area (Å²) in [6.07, 6.45) is 0.970. The number of rotatable bonds is 3. The zero-order valence-electron chi connectivity index (χ0n) is 11.5. The molecule has 0 radical (unpaired) electrons. The van der Waals surface area contributed by atoms with Gasteiger partial charge in [-0.1, -0.05) is 52.3 Å². The van der Waals surface area contributed by atoms with Gasteiger partial charge in [-0.3, -0.25) is 0 Å². The molecule has 0 saturated carbocycles. The fraction of sp³-hybridized carbons (Fsp3) is 0.294. The van der Waals surface area contributed by atoms with Crippen molar-refractivity contribution in [1.82, 2.24) is 5.32 Å². The Kier molecular flexibility index (Phi) is 3.92. The predicted molar refractivity (Wildman–Crippen MR) is 86.4 cm³/mol. The first-order chi connectivity index (χ1) is 9.65. The molecule has 104 valence electrons. The van der Waals surface area contributed by atoms with Crippen LogP contribution >= 0.6 is 15.9 Å². The second-order valence-corrected chi connectivity index (χ2v) is 6.38.